The van der Waals surface area contributed by atoms with E-state index >= 15 is 0 Å². The number of rotatable bonds is 7. The first kappa shape index (κ1) is 15.4. The quantitative estimate of drug-likeness (QED) is 0.349. The first-order valence-electron chi connectivity index (χ1n) is 6.47. The minimum atomic E-state index is 0.556. The molecule has 1 rings (SSSR count). The highest BCUT2D eigenvalue weighted by molar-refractivity contribution is 7.80. The highest BCUT2D eigenvalue weighted by Gasteiger charge is 1.93. The van der Waals surface area contributed by atoms with Crippen molar-refractivity contribution in [3.63, 3.8) is 0 Å². The van der Waals surface area contributed by atoms with Gasteiger partial charge in [-0.3, -0.25) is 5.43 Å². The summed E-state index contributed by atoms with van der Waals surface area (Å²) in [6, 6.07) is 7.65. The number of hydrogen-bond donors (Lipinski definition) is 2. The molecule has 1 aromatic carbocycles. The number of nitrogens with zero attached hydrogens (tertiary/aromatic N) is 1. The van der Waals surface area contributed by atoms with E-state index in [9.17, 15) is 0 Å². The molecule has 0 aliphatic carbocycles. The van der Waals surface area contributed by atoms with E-state index in [2.05, 4.69) is 22.8 Å². The van der Waals surface area contributed by atoms with Gasteiger partial charge in [-0.15, -0.1) is 0 Å². The number of unbranched alkanes of at least 4 members (excludes halogenated alkanes) is 2. The van der Waals surface area contributed by atoms with Crippen LogP contribution >= 0.6 is 12.2 Å². The molecule has 0 saturated carbocycles. The summed E-state index contributed by atoms with van der Waals surface area (Å²) in [6.45, 7) is 3.06. The lowest BCUT2D eigenvalue weighted by atomic mass is 10.2. The minimum absolute atomic E-state index is 0.556. The Hall–Kier alpha value is -1.62. The Bertz CT molecular complexity index is 404. The fourth-order valence-corrected chi connectivity index (χ4v) is 1.63. The normalized spacial score (nSPS) is 10.4. The summed E-state index contributed by atoms with van der Waals surface area (Å²) >= 11 is 5.10. The molecule has 0 aliphatic rings. The van der Waals surface area contributed by atoms with Crippen LogP contribution in [-0.2, 0) is 0 Å². The Kier molecular flexibility index (Phi) is 7.58. The van der Waals surface area contributed by atoms with E-state index < -0.39 is 0 Å². The Morgan fingerprint density at radius 1 is 1.32 bits per heavy atom. The fourth-order valence-electron chi connectivity index (χ4n) is 1.47. The average Bonchev–Trinajstić information content (AvgIpc) is 2.44. The smallest absolute Gasteiger partial charge is 0.186 e. The molecular formula is C14H21N3OS. The predicted octanol–water partition coefficient (Wildman–Crippen LogP) is 2.68. The van der Waals surface area contributed by atoms with Gasteiger partial charge in [0.05, 0.1) is 13.3 Å². The third-order valence-electron chi connectivity index (χ3n) is 2.56. The van der Waals surface area contributed by atoms with Crippen LogP contribution in [0.2, 0.25) is 0 Å². The molecule has 0 aliphatic heterocycles. The zero-order chi connectivity index (χ0) is 13.9. The second-order valence-electron chi connectivity index (χ2n) is 4.11. The number of hydrogen-bond acceptors (Lipinski definition) is 3. The van der Waals surface area contributed by atoms with Crippen molar-refractivity contribution in [2.75, 3.05) is 13.7 Å². The third-order valence-corrected chi connectivity index (χ3v) is 2.80. The van der Waals surface area contributed by atoms with Crippen molar-refractivity contribution < 1.29 is 4.74 Å². The molecule has 0 amide bonds. The molecule has 0 spiro atoms. The van der Waals surface area contributed by atoms with Crippen molar-refractivity contribution in [1.29, 1.82) is 0 Å². The molecule has 0 atom stereocenters. The Morgan fingerprint density at radius 2 is 2.05 bits per heavy atom. The maximum atomic E-state index is 5.10. The lowest BCUT2D eigenvalue weighted by molar-refractivity contribution is 0.415. The van der Waals surface area contributed by atoms with Crippen LogP contribution in [0, 0.1) is 0 Å². The van der Waals surface area contributed by atoms with Crippen molar-refractivity contribution in [2.45, 2.75) is 26.2 Å². The van der Waals surface area contributed by atoms with E-state index in [-0.39, 0.29) is 0 Å². The Balaban J connectivity index is 2.26. The number of ether oxygens (including phenoxy) is 1. The number of methoxy groups -OCH3 is 1. The van der Waals surface area contributed by atoms with Gasteiger partial charge in [0.2, 0.25) is 0 Å². The highest BCUT2D eigenvalue weighted by Crippen LogP contribution is 2.09. The third kappa shape index (κ3) is 6.76. The second kappa shape index (κ2) is 9.33. The summed E-state index contributed by atoms with van der Waals surface area (Å²) in [5.41, 5.74) is 3.78. The fraction of sp³-hybridized carbons (Fsp3) is 0.429. The summed E-state index contributed by atoms with van der Waals surface area (Å²) in [7, 11) is 1.65. The summed E-state index contributed by atoms with van der Waals surface area (Å²) in [4.78, 5) is 0. The summed E-state index contributed by atoms with van der Waals surface area (Å²) in [5, 5.41) is 7.74. The second-order valence-corrected chi connectivity index (χ2v) is 4.51. The molecule has 1 aromatic rings. The van der Waals surface area contributed by atoms with Crippen LogP contribution in [-0.4, -0.2) is 25.0 Å². The standard InChI is InChI=1S/C14H21N3OS/c1-3-4-5-10-15-14(19)17-16-11-12-6-8-13(18-2)9-7-12/h6-9,11H,3-5,10H2,1-2H3,(H2,15,17,19)/b16-11-. The van der Waals surface area contributed by atoms with E-state index in [0.29, 0.717) is 5.11 Å². The van der Waals surface area contributed by atoms with E-state index in [1.165, 1.54) is 12.8 Å². The van der Waals surface area contributed by atoms with E-state index in [1.807, 2.05) is 24.3 Å². The van der Waals surface area contributed by atoms with Gasteiger partial charge in [0.25, 0.3) is 0 Å². The number of thiocarbonyl (C=S) groups is 1. The maximum absolute atomic E-state index is 5.10. The molecule has 19 heavy (non-hydrogen) atoms. The first-order chi connectivity index (χ1) is 9.26. The monoisotopic (exact) mass is 279 g/mol. The van der Waals surface area contributed by atoms with Gasteiger partial charge in [-0.05, 0) is 48.5 Å². The van der Waals surface area contributed by atoms with Crippen LogP contribution in [0.3, 0.4) is 0 Å². The molecule has 0 saturated heterocycles. The zero-order valence-electron chi connectivity index (χ0n) is 11.5. The van der Waals surface area contributed by atoms with Crippen molar-refractivity contribution in [3.05, 3.63) is 29.8 Å². The van der Waals surface area contributed by atoms with Gasteiger partial charge in [-0.1, -0.05) is 19.8 Å². The molecule has 5 heteroatoms. The van der Waals surface area contributed by atoms with E-state index in [0.717, 1.165) is 24.3 Å². The topological polar surface area (TPSA) is 45.7 Å². The minimum Gasteiger partial charge on any atom is -0.497 e. The predicted molar refractivity (Wildman–Crippen MR) is 83.8 cm³/mol. The van der Waals surface area contributed by atoms with E-state index in [4.69, 9.17) is 17.0 Å². The van der Waals surface area contributed by atoms with Crippen LogP contribution in [0.25, 0.3) is 0 Å². The number of nitrogens with one attached hydrogen (secondary N) is 2. The Morgan fingerprint density at radius 3 is 2.68 bits per heavy atom. The van der Waals surface area contributed by atoms with Gasteiger partial charge < -0.3 is 10.1 Å². The van der Waals surface area contributed by atoms with Crippen LogP contribution in [0.5, 0.6) is 5.75 Å². The SMILES string of the molecule is CCCCCNC(=S)N/N=C\c1ccc(OC)cc1. The first-order valence-corrected chi connectivity index (χ1v) is 6.88. The summed E-state index contributed by atoms with van der Waals surface area (Å²) < 4.78 is 5.09. The molecular weight excluding hydrogens is 258 g/mol. The molecule has 0 bridgehead atoms. The van der Waals surface area contributed by atoms with Gasteiger partial charge in [0, 0.05) is 6.54 Å². The van der Waals surface area contributed by atoms with Gasteiger partial charge >= 0.3 is 0 Å². The van der Waals surface area contributed by atoms with Crippen LogP contribution < -0.4 is 15.5 Å². The molecule has 104 valence electrons. The van der Waals surface area contributed by atoms with Gasteiger partial charge in [-0.25, -0.2) is 0 Å². The molecule has 0 aromatic heterocycles. The van der Waals surface area contributed by atoms with Crippen LogP contribution in [0.1, 0.15) is 31.7 Å². The van der Waals surface area contributed by atoms with Gasteiger partial charge in [-0.2, -0.15) is 5.10 Å². The van der Waals surface area contributed by atoms with Crippen molar-refractivity contribution >= 4 is 23.5 Å². The highest BCUT2D eigenvalue weighted by atomic mass is 32.1. The van der Waals surface area contributed by atoms with E-state index in [1.54, 1.807) is 13.3 Å². The van der Waals surface area contributed by atoms with Crippen LogP contribution in [0.4, 0.5) is 0 Å². The van der Waals surface area contributed by atoms with Crippen molar-refractivity contribution in [1.82, 2.24) is 10.7 Å². The van der Waals surface area contributed by atoms with Gasteiger partial charge in [0.15, 0.2) is 5.11 Å². The molecule has 0 unspecified atom stereocenters. The largest absolute Gasteiger partial charge is 0.497 e. The zero-order valence-corrected chi connectivity index (χ0v) is 12.3. The lowest BCUT2D eigenvalue weighted by Gasteiger charge is -2.05. The Labute approximate surface area is 120 Å². The van der Waals surface area contributed by atoms with Gasteiger partial charge in [0.1, 0.15) is 5.75 Å². The molecule has 4 nitrogen and oxygen atoms in total. The number of benzene rings is 1. The average molecular weight is 279 g/mol. The summed E-state index contributed by atoms with van der Waals surface area (Å²) in [5.74, 6) is 0.832. The summed E-state index contributed by atoms with van der Waals surface area (Å²) in [6.07, 6.45) is 5.27. The molecule has 0 radical (unpaired) electrons. The van der Waals surface area contributed by atoms with Crippen molar-refractivity contribution in [2.24, 2.45) is 5.10 Å². The van der Waals surface area contributed by atoms with Crippen molar-refractivity contribution in [3.8, 4) is 5.75 Å². The lowest BCUT2D eigenvalue weighted by Crippen LogP contribution is -2.32. The number of hydrazone groups is 1. The van der Waals surface area contributed by atoms with Crippen LogP contribution in [0.15, 0.2) is 29.4 Å². The molecule has 0 heterocycles. The molecule has 2 N–H and O–H groups in total. The molecule has 0 fully saturated rings. The maximum Gasteiger partial charge on any atom is 0.186 e.